The quantitative estimate of drug-likeness (QED) is 0.510. The number of hydrogen-bond acceptors (Lipinski definition) is 4. The molecule has 0 aliphatic carbocycles. The lowest BCUT2D eigenvalue weighted by Crippen LogP contribution is -2.15. The number of aromatic nitrogens is 3. The van der Waals surface area contributed by atoms with E-state index in [1.807, 2.05) is 57.2 Å². The van der Waals surface area contributed by atoms with Crippen LogP contribution in [-0.2, 0) is 0 Å². The highest BCUT2D eigenvalue weighted by Crippen LogP contribution is 2.34. The lowest BCUT2D eigenvalue weighted by atomic mass is 10.1. The molecule has 1 N–H and O–H groups in total. The van der Waals surface area contributed by atoms with Gasteiger partial charge in [0.25, 0.3) is 5.91 Å². The summed E-state index contributed by atoms with van der Waals surface area (Å²) in [6, 6.07) is 13.1. The fourth-order valence-electron chi connectivity index (χ4n) is 2.89. The van der Waals surface area contributed by atoms with E-state index < -0.39 is 0 Å². The molecule has 0 spiro atoms. The highest BCUT2D eigenvalue weighted by Gasteiger charge is 2.17. The van der Waals surface area contributed by atoms with Gasteiger partial charge < -0.3 is 5.32 Å². The zero-order chi connectivity index (χ0) is 19.1. The number of anilines is 1. The third kappa shape index (κ3) is 3.34. The summed E-state index contributed by atoms with van der Waals surface area (Å²) in [5.74, 6) is 0.391. The summed E-state index contributed by atoms with van der Waals surface area (Å²) in [4.78, 5) is 17.3. The molecule has 0 radical (unpaired) electrons. The highest BCUT2D eigenvalue weighted by atomic mass is 35.5. The van der Waals surface area contributed by atoms with E-state index in [4.69, 9.17) is 16.6 Å². The predicted molar refractivity (Wildman–Crippen MR) is 110 cm³/mol. The van der Waals surface area contributed by atoms with Crippen molar-refractivity contribution in [3.8, 4) is 5.13 Å². The molecule has 0 bridgehead atoms. The molecule has 2 aromatic heterocycles. The van der Waals surface area contributed by atoms with E-state index in [0.29, 0.717) is 21.5 Å². The van der Waals surface area contributed by atoms with Gasteiger partial charge in [-0.2, -0.15) is 9.78 Å². The topological polar surface area (TPSA) is 59.8 Å². The van der Waals surface area contributed by atoms with E-state index in [1.165, 1.54) is 11.3 Å². The van der Waals surface area contributed by atoms with Crippen LogP contribution in [0.2, 0.25) is 5.02 Å². The summed E-state index contributed by atoms with van der Waals surface area (Å²) in [6.07, 6.45) is 0. The molecule has 27 heavy (non-hydrogen) atoms. The van der Waals surface area contributed by atoms with Gasteiger partial charge >= 0.3 is 0 Å². The Hall–Kier alpha value is -2.70. The third-order valence-corrected chi connectivity index (χ3v) is 5.71. The van der Waals surface area contributed by atoms with Crippen molar-refractivity contribution < 1.29 is 4.79 Å². The van der Waals surface area contributed by atoms with Crippen molar-refractivity contribution in [2.24, 2.45) is 0 Å². The van der Waals surface area contributed by atoms with E-state index in [-0.39, 0.29) is 5.91 Å². The summed E-state index contributed by atoms with van der Waals surface area (Å²) in [6.45, 7) is 5.83. The minimum Gasteiger partial charge on any atom is -0.306 e. The normalized spacial score (nSPS) is 11.1. The van der Waals surface area contributed by atoms with Gasteiger partial charge in [0.2, 0.25) is 5.13 Å². The number of aryl methyl sites for hydroxylation is 3. The molecule has 0 aliphatic rings. The molecule has 0 saturated heterocycles. The average Bonchev–Trinajstić information content (AvgIpc) is 3.23. The lowest BCUT2D eigenvalue weighted by Gasteiger charge is -2.07. The van der Waals surface area contributed by atoms with Gasteiger partial charge in [-0.3, -0.25) is 4.79 Å². The minimum absolute atomic E-state index is 0.185. The Kier molecular flexibility index (Phi) is 4.45. The first-order chi connectivity index (χ1) is 12.9. The van der Waals surface area contributed by atoms with Crippen LogP contribution in [0.5, 0.6) is 0 Å². The van der Waals surface area contributed by atoms with E-state index in [2.05, 4.69) is 10.4 Å². The second-order valence-electron chi connectivity index (χ2n) is 6.44. The number of rotatable bonds is 3. The van der Waals surface area contributed by atoms with Gasteiger partial charge in [-0.1, -0.05) is 46.7 Å². The highest BCUT2D eigenvalue weighted by molar-refractivity contribution is 7.21. The number of amides is 1. The van der Waals surface area contributed by atoms with Crippen LogP contribution in [0.4, 0.5) is 5.82 Å². The second-order valence-corrected chi connectivity index (χ2v) is 7.83. The Morgan fingerprint density at radius 3 is 2.70 bits per heavy atom. The molecule has 5 nitrogen and oxygen atoms in total. The maximum atomic E-state index is 12.6. The number of carbonyl (C=O) groups excluding carboxylic acids is 1. The first-order valence-corrected chi connectivity index (χ1v) is 9.62. The number of hydrogen-bond donors (Lipinski definition) is 1. The van der Waals surface area contributed by atoms with Crippen LogP contribution in [0.15, 0.2) is 42.5 Å². The number of fused-ring (bicyclic) bond motifs is 1. The summed E-state index contributed by atoms with van der Waals surface area (Å²) < 4.78 is 2.57. The van der Waals surface area contributed by atoms with Crippen molar-refractivity contribution in [3.63, 3.8) is 0 Å². The van der Waals surface area contributed by atoms with Crippen LogP contribution in [0.3, 0.4) is 0 Å². The van der Waals surface area contributed by atoms with Crippen molar-refractivity contribution in [2.75, 3.05) is 5.32 Å². The third-order valence-electron chi connectivity index (χ3n) is 4.22. The maximum Gasteiger partial charge on any atom is 0.256 e. The van der Waals surface area contributed by atoms with Crippen LogP contribution in [0.25, 0.3) is 15.3 Å². The van der Waals surface area contributed by atoms with Gasteiger partial charge in [-0.15, -0.1) is 0 Å². The largest absolute Gasteiger partial charge is 0.306 e. The Morgan fingerprint density at radius 2 is 1.96 bits per heavy atom. The molecule has 0 unspecified atom stereocenters. The maximum absolute atomic E-state index is 12.6. The van der Waals surface area contributed by atoms with Crippen molar-refractivity contribution in [2.45, 2.75) is 20.8 Å². The van der Waals surface area contributed by atoms with Crippen molar-refractivity contribution in [1.29, 1.82) is 0 Å². The Labute approximate surface area is 165 Å². The first kappa shape index (κ1) is 17.7. The molecule has 136 valence electrons. The van der Waals surface area contributed by atoms with Gasteiger partial charge in [0.1, 0.15) is 5.82 Å². The molecule has 0 fully saturated rings. The summed E-state index contributed by atoms with van der Waals surface area (Å²) in [5, 5.41) is 8.77. The van der Waals surface area contributed by atoms with Gasteiger partial charge in [-0.05, 0) is 44.5 Å². The van der Waals surface area contributed by atoms with Crippen LogP contribution in [-0.4, -0.2) is 20.7 Å². The van der Waals surface area contributed by atoms with Crippen LogP contribution in [0, 0.1) is 20.8 Å². The molecule has 2 aromatic carbocycles. The number of nitrogens with one attached hydrogen (secondary N) is 1. The molecule has 4 aromatic rings. The number of halogens is 1. The Bertz CT molecular complexity index is 1140. The Morgan fingerprint density at radius 1 is 1.15 bits per heavy atom. The number of carbonyl (C=O) groups is 1. The van der Waals surface area contributed by atoms with Crippen LogP contribution in [0.1, 0.15) is 27.2 Å². The van der Waals surface area contributed by atoms with Gasteiger partial charge in [0.15, 0.2) is 0 Å². The molecule has 7 heteroatoms. The fraction of sp³-hybridized carbons (Fsp3) is 0.150. The monoisotopic (exact) mass is 396 g/mol. The summed E-state index contributed by atoms with van der Waals surface area (Å²) >= 11 is 7.78. The molecule has 4 rings (SSSR count). The summed E-state index contributed by atoms with van der Waals surface area (Å²) in [7, 11) is 0. The van der Waals surface area contributed by atoms with Gasteiger partial charge in [-0.25, -0.2) is 4.98 Å². The zero-order valence-electron chi connectivity index (χ0n) is 15.1. The molecule has 0 atom stereocenters. The molecule has 1 amide bonds. The molecule has 2 heterocycles. The average molecular weight is 397 g/mol. The van der Waals surface area contributed by atoms with Crippen LogP contribution >= 0.6 is 22.9 Å². The van der Waals surface area contributed by atoms with Gasteiger partial charge in [0.05, 0.1) is 20.9 Å². The van der Waals surface area contributed by atoms with Crippen molar-refractivity contribution >= 4 is 44.9 Å². The smallest absolute Gasteiger partial charge is 0.256 e. The number of benzene rings is 2. The van der Waals surface area contributed by atoms with E-state index in [1.54, 1.807) is 10.7 Å². The SMILES string of the molecule is Cc1cccc(C(=O)Nc2cc(C)nn2-c2nc3c(C)ccc(Cl)c3s2)c1. The minimum atomic E-state index is -0.185. The predicted octanol–water partition coefficient (Wildman–Crippen LogP) is 5.31. The Balaban J connectivity index is 1.74. The van der Waals surface area contributed by atoms with E-state index in [9.17, 15) is 4.79 Å². The van der Waals surface area contributed by atoms with E-state index >= 15 is 0 Å². The van der Waals surface area contributed by atoms with Gasteiger partial charge in [0, 0.05) is 11.6 Å². The van der Waals surface area contributed by atoms with E-state index in [0.717, 1.165) is 27.0 Å². The fourth-order valence-corrected chi connectivity index (χ4v) is 4.17. The standard InChI is InChI=1S/C20H17ClN4OS/c1-11-5-4-6-14(9-11)19(26)22-16-10-13(3)24-25(16)20-23-17-12(2)7-8-15(21)18(17)27-20/h4-10H,1-3H3,(H,22,26). The molecular formula is C20H17ClN4OS. The summed E-state index contributed by atoms with van der Waals surface area (Å²) in [5.41, 5.74) is 4.32. The molecule has 0 saturated carbocycles. The second kappa shape index (κ2) is 6.79. The van der Waals surface area contributed by atoms with Crippen molar-refractivity contribution in [3.05, 3.63) is 69.9 Å². The molecule has 0 aliphatic heterocycles. The van der Waals surface area contributed by atoms with Crippen molar-refractivity contribution in [1.82, 2.24) is 14.8 Å². The number of thiazole rings is 1. The lowest BCUT2D eigenvalue weighted by molar-refractivity contribution is 0.102. The zero-order valence-corrected chi connectivity index (χ0v) is 16.6. The first-order valence-electron chi connectivity index (χ1n) is 8.43. The van der Waals surface area contributed by atoms with Crippen LogP contribution < -0.4 is 5.32 Å². The molecular weight excluding hydrogens is 380 g/mol. The number of nitrogens with zero attached hydrogens (tertiary/aromatic N) is 3.